The number of anilines is 1. The summed E-state index contributed by atoms with van der Waals surface area (Å²) in [5.41, 5.74) is 2.15. The standard InChI is InChI=1S/C20H14FN3O6S2/c21-15-10-8-13(9-11-15)19(25)22-16-5-3-4-14(12-16)20(26)23-24-31(27,28)17-6-1-2-7-18(17)32(24,29)30/h1-12H,(H,22,25)(H,23,26). The van der Waals surface area contributed by atoms with Crippen molar-refractivity contribution in [3.05, 3.63) is 89.7 Å². The average Bonchev–Trinajstić information content (AvgIpc) is 2.92. The van der Waals surface area contributed by atoms with Crippen molar-refractivity contribution in [1.82, 2.24) is 9.25 Å². The fourth-order valence-corrected chi connectivity index (χ4v) is 7.05. The molecule has 9 nitrogen and oxygen atoms in total. The predicted octanol–water partition coefficient (Wildman–Crippen LogP) is 2.12. The molecule has 0 aliphatic carbocycles. The second kappa shape index (κ2) is 7.82. The number of hydrogen-bond acceptors (Lipinski definition) is 6. The predicted molar refractivity (Wildman–Crippen MR) is 111 cm³/mol. The summed E-state index contributed by atoms with van der Waals surface area (Å²) in [6.45, 7) is 0. The third-order valence-electron chi connectivity index (χ3n) is 4.52. The maximum atomic E-state index is 13.0. The van der Waals surface area contributed by atoms with Crippen molar-refractivity contribution in [2.45, 2.75) is 9.79 Å². The lowest BCUT2D eigenvalue weighted by molar-refractivity contribution is 0.0914. The van der Waals surface area contributed by atoms with Gasteiger partial charge in [-0.2, -0.15) is 0 Å². The first-order valence-electron chi connectivity index (χ1n) is 8.98. The molecule has 4 rings (SSSR count). The quantitative estimate of drug-likeness (QED) is 0.595. The molecule has 0 fully saturated rings. The Hall–Kier alpha value is -3.61. The summed E-state index contributed by atoms with van der Waals surface area (Å²) in [7, 11) is -9.03. The number of carbonyl (C=O) groups is 2. The molecule has 12 heteroatoms. The molecule has 0 saturated carbocycles. The average molecular weight is 475 g/mol. The van der Waals surface area contributed by atoms with E-state index in [0.717, 1.165) is 24.3 Å². The van der Waals surface area contributed by atoms with Crippen molar-refractivity contribution in [1.29, 1.82) is 0 Å². The molecule has 0 spiro atoms. The first-order valence-corrected chi connectivity index (χ1v) is 11.9. The van der Waals surface area contributed by atoms with Crippen LogP contribution < -0.4 is 10.7 Å². The van der Waals surface area contributed by atoms with Crippen LogP contribution in [0.3, 0.4) is 0 Å². The summed E-state index contributed by atoms with van der Waals surface area (Å²) in [5.74, 6) is -2.10. The Balaban J connectivity index is 1.56. The fraction of sp³-hybridized carbons (Fsp3) is 0. The van der Waals surface area contributed by atoms with Crippen molar-refractivity contribution in [3.63, 3.8) is 0 Å². The van der Waals surface area contributed by atoms with Gasteiger partial charge in [0.05, 0.1) is 0 Å². The summed E-state index contributed by atoms with van der Waals surface area (Å²) in [6.07, 6.45) is 0. The van der Waals surface area contributed by atoms with E-state index in [2.05, 4.69) is 5.32 Å². The number of benzene rings is 3. The number of halogens is 1. The summed E-state index contributed by atoms with van der Waals surface area (Å²) >= 11 is 0. The zero-order chi connectivity index (χ0) is 23.1. The normalized spacial score (nSPS) is 16.2. The molecule has 1 heterocycles. The molecule has 0 radical (unpaired) electrons. The Bertz CT molecular complexity index is 1400. The van der Waals surface area contributed by atoms with E-state index in [-0.39, 0.29) is 20.6 Å². The van der Waals surface area contributed by atoms with Crippen LogP contribution in [0.25, 0.3) is 0 Å². The molecule has 2 N–H and O–H groups in total. The van der Waals surface area contributed by atoms with Crippen molar-refractivity contribution < 1.29 is 30.8 Å². The number of sulfonamides is 2. The molecule has 0 bridgehead atoms. The van der Waals surface area contributed by atoms with Gasteiger partial charge in [-0.15, -0.1) is 0 Å². The largest absolute Gasteiger partial charge is 0.322 e. The Kier molecular flexibility index (Phi) is 5.28. The van der Waals surface area contributed by atoms with Crippen molar-refractivity contribution in [3.8, 4) is 0 Å². The van der Waals surface area contributed by atoms with Crippen LogP contribution in [-0.2, 0) is 20.0 Å². The molecule has 0 aromatic heterocycles. The molecular formula is C20H14FN3O6S2. The molecule has 1 aliphatic rings. The van der Waals surface area contributed by atoms with Gasteiger partial charge < -0.3 is 5.32 Å². The van der Waals surface area contributed by atoms with Gasteiger partial charge in [0.15, 0.2) is 0 Å². The lowest BCUT2D eigenvalue weighted by Crippen LogP contribution is -2.45. The van der Waals surface area contributed by atoms with Crippen molar-refractivity contribution >= 4 is 37.5 Å². The summed E-state index contributed by atoms with van der Waals surface area (Å²) < 4.78 is 63.4. The molecule has 0 saturated heterocycles. The Morgan fingerprint density at radius 3 is 1.91 bits per heavy atom. The highest BCUT2D eigenvalue weighted by Gasteiger charge is 2.48. The van der Waals surface area contributed by atoms with Crippen LogP contribution in [-0.4, -0.2) is 32.5 Å². The highest BCUT2D eigenvalue weighted by Crippen LogP contribution is 2.34. The minimum atomic E-state index is -4.51. The van der Waals surface area contributed by atoms with E-state index in [4.69, 9.17) is 0 Å². The van der Waals surface area contributed by atoms with Gasteiger partial charge in [-0.05, 0) is 54.6 Å². The van der Waals surface area contributed by atoms with E-state index < -0.39 is 47.5 Å². The van der Waals surface area contributed by atoms with Crippen LogP contribution >= 0.6 is 0 Å². The molecule has 0 unspecified atom stereocenters. The summed E-state index contributed by atoms with van der Waals surface area (Å²) in [4.78, 5) is 24.0. The third kappa shape index (κ3) is 3.75. The Morgan fingerprint density at radius 1 is 0.719 bits per heavy atom. The first-order chi connectivity index (χ1) is 15.1. The Morgan fingerprint density at radius 2 is 1.31 bits per heavy atom. The van der Waals surface area contributed by atoms with Crippen LogP contribution in [0, 0.1) is 5.82 Å². The zero-order valence-electron chi connectivity index (χ0n) is 16.0. The number of carbonyl (C=O) groups excluding carboxylic acids is 2. The molecule has 2 amide bonds. The number of hydrazine groups is 1. The highest BCUT2D eigenvalue weighted by atomic mass is 32.3. The van der Waals surface area contributed by atoms with Crippen molar-refractivity contribution in [2.24, 2.45) is 0 Å². The van der Waals surface area contributed by atoms with Gasteiger partial charge in [-0.25, -0.2) is 21.2 Å². The van der Waals surface area contributed by atoms with E-state index >= 15 is 0 Å². The zero-order valence-corrected chi connectivity index (χ0v) is 17.7. The van der Waals surface area contributed by atoms with E-state index in [0.29, 0.717) is 0 Å². The number of nitrogens with one attached hydrogen (secondary N) is 2. The lowest BCUT2D eigenvalue weighted by atomic mass is 10.1. The van der Waals surface area contributed by atoms with E-state index in [1.165, 1.54) is 48.5 Å². The van der Waals surface area contributed by atoms with Crippen LogP contribution in [0.15, 0.2) is 82.6 Å². The molecule has 3 aromatic rings. The SMILES string of the molecule is O=C(Nc1cccc(C(=O)NN2S(=O)(=O)c3ccccc3S2(=O)=O)c1)c1ccc(F)cc1. The van der Waals surface area contributed by atoms with Gasteiger partial charge in [0.25, 0.3) is 31.9 Å². The molecule has 164 valence electrons. The minimum Gasteiger partial charge on any atom is -0.322 e. The number of rotatable bonds is 4. The first kappa shape index (κ1) is 21.6. The second-order valence-corrected chi connectivity index (χ2v) is 10.4. The van der Waals surface area contributed by atoms with Crippen LogP contribution in [0.5, 0.6) is 0 Å². The topological polar surface area (TPSA) is 130 Å². The van der Waals surface area contributed by atoms with Gasteiger partial charge in [-0.1, -0.05) is 18.2 Å². The maximum absolute atomic E-state index is 13.0. The van der Waals surface area contributed by atoms with Gasteiger partial charge in [0.2, 0.25) is 0 Å². The van der Waals surface area contributed by atoms with Crippen LogP contribution in [0.1, 0.15) is 20.7 Å². The highest BCUT2D eigenvalue weighted by molar-refractivity contribution is 8.06. The van der Waals surface area contributed by atoms with Crippen molar-refractivity contribution in [2.75, 3.05) is 5.32 Å². The minimum absolute atomic E-state index is 0.0726. The molecule has 0 atom stereocenters. The maximum Gasteiger partial charge on any atom is 0.275 e. The summed E-state index contributed by atoms with van der Waals surface area (Å²) in [5, 5.41) is 2.52. The number of hydrogen-bond donors (Lipinski definition) is 2. The van der Waals surface area contributed by atoms with Gasteiger partial charge >= 0.3 is 0 Å². The van der Waals surface area contributed by atoms with E-state index in [1.54, 1.807) is 0 Å². The smallest absolute Gasteiger partial charge is 0.275 e. The monoisotopic (exact) mass is 475 g/mol. The van der Waals surface area contributed by atoms with Crippen LogP contribution in [0.4, 0.5) is 10.1 Å². The Labute approximate surface area is 182 Å². The number of amides is 2. The van der Waals surface area contributed by atoms with Gasteiger partial charge in [-0.3, -0.25) is 15.0 Å². The molecular weight excluding hydrogens is 461 g/mol. The second-order valence-electron chi connectivity index (χ2n) is 6.64. The van der Waals surface area contributed by atoms with Crippen LogP contribution in [0.2, 0.25) is 0 Å². The lowest BCUT2D eigenvalue weighted by Gasteiger charge is -2.15. The van der Waals surface area contributed by atoms with Gasteiger partial charge in [0.1, 0.15) is 15.6 Å². The molecule has 3 aromatic carbocycles. The molecule has 32 heavy (non-hydrogen) atoms. The summed E-state index contributed by atoms with van der Waals surface area (Å²) in [6, 6.07) is 15.2. The number of nitrogens with zero attached hydrogens (tertiary/aromatic N) is 1. The number of fused-ring (bicyclic) bond motifs is 1. The van der Waals surface area contributed by atoms with E-state index in [9.17, 15) is 30.8 Å². The van der Waals surface area contributed by atoms with E-state index in [1.807, 2.05) is 5.43 Å². The van der Waals surface area contributed by atoms with Gasteiger partial charge in [0, 0.05) is 20.6 Å². The molecule has 1 aliphatic heterocycles. The third-order valence-corrected chi connectivity index (χ3v) is 8.71. The fourth-order valence-electron chi connectivity index (χ4n) is 2.99.